The molecule has 0 unspecified atom stereocenters. The van der Waals surface area contributed by atoms with Crippen LogP contribution in [-0.4, -0.2) is 12.8 Å². The van der Waals surface area contributed by atoms with E-state index in [9.17, 15) is 0 Å². The van der Waals surface area contributed by atoms with Gasteiger partial charge in [-0.3, -0.25) is 4.99 Å². The predicted octanol–water partition coefficient (Wildman–Crippen LogP) is 0.392. The van der Waals surface area contributed by atoms with Gasteiger partial charge in [-0.1, -0.05) is 6.08 Å². The molecule has 0 fully saturated rings. The molecule has 0 aliphatic rings. The monoisotopic (exact) mass is 139 g/mol. The van der Waals surface area contributed by atoms with Gasteiger partial charge in [0.2, 0.25) is 0 Å². The van der Waals surface area contributed by atoms with E-state index in [-0.39, 0.29) is 0 Å². The van der Waals surface area contributed by atoms with Gasteiger partial charge >= 0.3 is 0 Å². The van der Waals surface area contributed by atoms with E-state index in [1.54, 1.807) is 12.3 Å². The Kier molecular flexibility index (Phi) is 5.14. The zero-order valence-corrected chi connectivity index (χ0v) is 5.96. The normalized spacial score (nSPS) is 12.2. The van der Waals surface area contributed by atoms with Crippen molar-refractivity contribution in [2.75, 3.05) is 6.54 Å². The highest BCUT2D eigenvalue weighted by Gasteiger charge is 1.78. The molecule has 3 nitrogen and oxygen atoms in total. The van der Waals surface area contributed by atoms with Crippen LogP contribution in [0.3, 0.4) is 0 Å². The fraction of sp³-hybridized carbons (Fsp3) is 0.286. The maximum Gasteiger partial charge on any atom is 0.0652 e. The molecule has 0 aromatic carbocycles. The van der Waals surface area contributed by atoms with Crippen LogP contribution in [0.4, 0.5) is 0 Å². The summed E-state index contributed by atoms with van der Waals surface area (Å²) in [6.07, 6.45) is 5.54. The summed E-state index contributed by atoms with van der Waals surface area (Å²) in [5.74, 6) is 0. The highest BCUT2D eigenvalue weighted by molar-refractivity contribution is 5.76. The topological polar surface area (TPSA) is 64.4 Å². The molecule has 0 aromatic heterocycles. The van der Waals surface area contributed by atoms with Gasteiger partial charge in [-0.05, 0) is 6.42 Å². The molecule has 56 valence electrons. The average Bonchev–Trinajstić information content (AvgIpc) is 1.98. The van der Waals surface area contributed by atoms with E-state index in [1.165, 1.54) is 6.20 Å². The van der Waals surface area contributed by atoms with Crippen molar-refractivity contribution in [1.29, 1.82) is 0 Å². The third kappa shape index (κ3) is 4.90. The van der Waals surface area contributed by atoms with Crippen LogP contribution in [0.2, 0.25) is 0 Å². The third-order valence-electron chi connectivity index (χ3n) is 0.895. The molecular weight excluding hydrogens is 126 g/mol. The molecule has 3 heteroatoms. The fourth-order valence-corrected chi connectivity index (χ4v) is 0.379. The first-order valence-electron chi connectivity index (χ1n) is 3.09. The van der Waals surface area contributed by atoms with Crippen molar-refractivity contribution in [3.05, 3.63) is 24.6 Å². The molecule has 0 aromatic rings. The summed E-state index contributed by atoms with van der Waals surface area (Å²) in [4.78, 5) is 3.96. The van der Waals surface area contributed by atoms with Gasteiger partial charge in [0.1, 0.15) is 0 Å². The lowest BCUT2D eigenvalue weighted by atomic mass is 10.4. The number of aliphatic imine (C=N–C) groups is 1. The second-order valence-corrected chi connectivity index (χ2v) is 1.78. The number of allylic oxidation sites excluding steroid dienone is 1. The molecule has 0 aliphatic heterocycles. The van der Waals surface area contributed by atoms with Crippen LogP contribution < -0.4 is 11.5 Å². The van der Waals surface area contributed by atoms with Gasteiger partial charge in [0.15, 0.2) is 0 Å². The highest BCUT2D eigenvalue weighted by Crippen LogP contribution is 1.81. The van der Waals surface area contributed by atoms with Crippen LogP contribution in [0.25, 0.3) is 0 Å². The summed E-state index contributed by atoms with van der Waals surface area (Å²) >= 11 is 0. The molecule has 0 spiro atoms. The smallest absolute Gasteiger partial charge is 0.0652 e. The zero-order valence-electron chi connectivity index (χ0n) is 5.96. The zero-order chi connectivity index (χ0) is 7.82. The predicted molar refractivity (Wildman–Crippen MR) is 44.6 cm³/mol. The van der Waals surface area contributed by atoms with Crippen molar-refractivity contribution in [3.63, 3.8) is 0 Å². The maximum atomic E-state index is 5.32. The van der Waals surface area contributed by atoms with Crippen LogP contribution >= 0.6 is 0 Å². The minimum absolute atomic E-state index is 0.490. The Hall–Kier alpha value is -1.25. The van der Waals surface area contributed by atoms with Crippen LogP contribution in [-0.2, 0) is 0 Å². The molecule has 0 heterocycles. The lowest BCUT2D eigenvalue weighted by Crippen LogP contribution is -2.01. The van der Waals surface area contributed by atoms with Gasteiger partial charge in [0.05, 0.1) is 5.70 Å². The average molecular weight is 139 g/mol. The molecular formula is C7H13N3. The van der Waals surface area contributed by atoms with E-state index in [0.29, 0.717) is 5.70 Å². The second-order valence-electron chi connectivity index (χ2n) is 1.78. The second kappa shape index (κ2) is 5.88. The van der Waals surface area contributed by atoms with E-state index in [0.717, 1.165) is 13.0 Å². The van der Waals surface area contributed by atoms with E-state index in [1.807, 2.05) is 0 Å². The fourth-order valence-electron chi connectivity index (χ4n) is 0.379. The molecule has 0 bridgehead atoms. The van der Waals surface area contributed by atoms with Crippen molar-refractivity contribution < 1.29 is 0 Å². The van der Waals surface area contributed by atoms with Crippen molar-refractivity contribution in [1.82, 2.24) is 0 Å². The molecule has 0 radical (unpaired) electrons. The summed E-state index contributed by atoms with van der Waals surface area (Å²) in [5.41, 5.74) is 10.9. The maximum absolute atomic E-state index is 5.32. The van der Waals surface area contributed by atoms with E-state index < -0.39 is 0 Å². The summed E-state index contributed by atoms with van der Waals surface area (Å²) in [6, 6.07) is 0. The van der Waals surface area contributed by atoms with Gasteiger partial charge < -0.3 is 11.5 Å². The third-order valence-corrected chi connectivity index (χ3v) is 0.895. The Morgan fingerprint density at radius 3 is 2.80 bits per heavy atom. The van der Waals surface area contributed by atoms with Crippen LogP contribution in [0.1, 0.15) is 6.42 Å². The Bertz CT molecular complexity index is 147. The summed E-state index contributed by atoms with van der Waals surface area (Å²) in [5, 5.41) is 0. The highest BCUT2D eigenvalue weighted by atomic mass is 14.7. The molecule has 0 rings (SSSR count). The summed E-state index contributed by atoms with van der Waals surface area (Å²) in [7, 11) is 0. The minimum Gasteiger partial charge on any atom is -0.403 e. The SMILES string of the molecule is C=CCCN=C/C(N)=C\N. The van der Waals surface area contributed by atoms with Gasteiger partial charge in [0.25, 0.3) is 0 Å². The van der Waals surface area contributed by atoms with E-state index in [2.05, 4.69) is 11.6 Å². The Morgan fingerprint density at radius 1 is 1.60 bits per heavy atom. The van der Waals surface area contributed by atoms with Gasteiger partial charge in [-0.25, -0.2) is 0 Å². The first-order valence-corrected chi connectivity index (χ1v) is 3.09. The first-order chi connectivity index (χ1) is 4.81. The Labute approximate surface area is 61.1 Å². The molecule has 0 saturated carbocycles. The molecule has 0 aliphatic carbocycles. The number of hydrogen-bond donors (Lipinski definition) is 2. The lowest BCUT2D eigenvalue weighted by Gasteiger charge is -1.88. The Morgan fingerprint density at radius 2 is 2.30 bits per heavy atom. The first kappa shape index (κ1) is 8.75. The largest absolute Gasteiger partial charge is 0.403 e. The molecule has 0 amide bonds. The number of rotatable bonds is 4. The van der Waals surface area contributed by atoms with Crippen molar-refractivity contribution >= 4 is 6.21 Å². The van der Waals surface area contributed by atoms with Gasteiger partial charge in [-0.2, -0.15) is 0 Å². The van der Waals surface area contributed by atoms with Crippen molar-refractivity contribution in [3.8, 4) is 0 Å². The van der Waals surface area contributed by atoms with Gasteiger partial charge in [0, 0.05) is 19.0 Å². The quantitative estimate of drug-likeness (QED) is 0.336. The Balaban J connectivity index is 3.45. The van der Waals surface area contributed by atoms with Crippen LogP contribution in [0.15, 0.2) is 29.5 Å². The number of hydrogen-bond acceptors (Lipinski definition) is 3. The summed E-state index contributed by atoms with van der Waals surface area (Å²) < 4.78 is 0. The van der Waals surface area contributed by atoms with Gasteiger partial charge in [-0.15, -0.1) is 6.58 Å². The van der Waals surface area contributed by atoms with Crippen molar-refractivity contribution in [2.24, 2.45) is 16.5 Å². The van der Waals surface area contributed by atoms with E-state index in [4.69, 9.17) is 11.5 Å². The molecule has 0 saturated heterocycles. The molecule has 4 N–H and O–H groups in total. The summed E-state index contributed by atoms with van der Waals surface area (Å²) in [6.45, 7) is 4.27. The van der Waals surface area contributed by atoms with Crippen LogP contribution in [0, 0.1) is 0 Å². The van der Waals surface area contributed by atoms with E-state index >= 15 is 0 Å². The number of nitrogens with two attached hydrogens (primary N) is 2. The minimum atomic E-state index is 0.490. The van der Waals surface area contributed by atoms with Crippen LogP contribution in [0.5, 0.6) is 0 Å². The standard InChI is InChI=1S/C7H13N3/c1-2-3-4-10-6-7(9)5-8/h2,5-6H,1,3-4,8-9H2/b7-5+,10-6?. The molecule has 0 atom stereocenters. The van der Waals surface area contributed by atoms with Crippen molar-refractivity contribution in [2.45, 2.75) is 6.42 Å². The number of nitrogens with zero attached hydrogens (tertiary/aromatic N) is 1. The molecule has 10 heavy (non-hydrogen) atoms. The lowest BCUT2D eigenvalue weighted by molar-refractivity contribution is 1.01.